The Hall–Kier alpha value is -1.18. The van der Waals surface area contributed by atoms with Gasteiger partial charge in [0, 0.05) is 22.9 Å². The van der Waals surface area contributed by atoms with Crippen molar-refractivity contribution in [1.29, 1.82) is 0 Å². The number of thioether (sulfide) groups is 2. The third kappa shape index (κ3) is 3.68. The first-order valence-corrected chi connectivity index (χ1v) is 8.32. The van der Waals surface area contributed by atoms with Gasteiger partial charge in [-0.1, -0.05) is 12.1 Å². The minimum atomic E-state index is -1.04. The van der Waals surface area contributed by atoms with Crippen molar-refractivity contribution in [2.45, 2.75) is 10.9 Å². The van der Waals surface area contributed by atoms with Gasteiger partial charge in [0.15, 0.2) is 0 Å². The molecule has 108 valence electrons. The maximum atomic E-state index is 12.2. The zero-order valence-electron chi connectivity index (χ0n) is 10.8. The smallest absolute Gasteiger partial charge is 0.321 e. The average Bonchev–Trinajstić information content (AvgIpc) is 2.46. The van der Waals surface area contributed by atoms with E-state index in [2.05, 4.69) is 0 Å². The molecule has 0 bridgehead atoms. The normalized spacial score (nSPS) is 15.6. The molecule has 1 unspecified atom stereocenters. The summed E-state index contributed by atoms with van der Waals surface area (Å²) in [5, 5.41) is 8.69. The molecule has 20 heavy (non-hydrogen) atoms. The van der Waals surface area contributed by atoms with Crippen molar-refractivity contribution in [2.24, 2.45) is 5.73 Å². The van der Waals surface area contributed by atoms with E-state index in [9.17, 15) is 9.59 Å². The molecule has 1 atom stereocenters. The van der Waals surface area contributed by atoms with E-state index in [4.69, 9.17) is 10.8 Å². The van der Waals surface area contributed by atoms with E-state index in [1.54, 1.807) is 16.7 Å². The van der Waals surface area contributed by atoms with Crippen LogP contribution in [0.3, 0.4) is 0 Å². The number of rotatable bonds is 5. The molecular formula is C13H16N2O3S2. The molecule has 5 nitrogen and oxygen atoms in total. The lowest BCUT2D eigenvalue weighted by Crippen LogP contribution is -2.37. The highest BCUT2D eigenvalue weighted by Gasteiger charge is 2.22. The molecule has 2 rings (SSSR count). The first kappa shape index (κ1) is 15.2. The van der Waals surface area contributed by atoms with Crippen LogP contribution in [-0.2, 0) is 9.59 Å². The minimum absolute atomic E-state index is 0.000314. The first-order chi connectivity index (χ1) is 9.59. The maximum Gasteiger partial charge on any atom is 0.321 e. The van der Waals surface area contributed by atoms with Crippen molar-refractivity contribution >= 4 is 41.1 Å². The Kier molecular flexibility index (Phi) is 5.33. The van der Waals surface area contributed by atoms with E-state index in [0.717, 1.165) is 16.3 Å². The summed E-state index contributed by atoms with van der Waals surface area (Å²) in [6.45, 7) is 0.687. The van der Waals surface area contributed by atoms with Gasteiger partial charge < -0.3 is 15.7 Å². The highest BCUT2D eigenvalue weighted by Crippen LogP contribution is 2.34. The molecule has 0 saturated carbocycles. The number of nitrogens with two attached hydrogens (primary N) is 1. The van der Waals surface area contributed by atoms with Gasteiger partial charge in [-0.15, -0.1) is 23.5 Å². The quantitative estimate of drug-likeness (QED) is 0.852. The van der Waals surface area contributed by atoms with Crippen molar-refractivity contribution in [1.82, 2.24) is 0 Å². The molecule has 1 aromatic rings. The number of hydrogen-bond acceptors (Lipinski definition) is 5. The zero-order valence-corrected chi connectivity index (χ0v) is 12.5. The second kappa shape index (κ2) is 7.01. The number of carboxylic acids is 1. The average molecular weight is 312 g/mol. The van der Waals surface area contributed by atoms with Crippen LogP contribution in [0, 0.1) is 0 Å². The summed E-state index contributed by atoms with van der Waals surface area (Å²) >= 11 is 3.01. The van der Waals surface area contributed by atoms with E-state index >= 15 is 0 Å². The standard InChI is InChI=1S/C13H16N2O3S2/c14-9(13(17)18)7-19-8-12(16)15-5-6-20-11-4-2-1-3-10(11)15/h1-4,9H,5-8,14H2,(H,17,18). The van der Waals surface area contributed by atoms with Gasteiger partial charge in [0.2, 0.25) is 5.91 Å². The Bertz CT molecular complexity index is 510. The van der Waals surface area contributed by atoms with Crippen molar-refractivity contribution < 1.29 is 14.7 Å². The molecule has 0 saturated heterocycles. The summed E-state index contributed by atoms with van der Waals surface area (Å²) in [5.74, 6) is 0.331. The number of aliphatic carboxylic acids is 1. The summed E-state index contributed by atoms with van der Waals surface area (Å²) in [7, 11) is 0. The van der Waals surface area contributed by atoms with Crippen LogP contribution in [0.15, 0.2) is 29.2 Å². The fraction of sp³-hybridized carbons (Fsp3) is 0.385. The summed E-state index contributed by atoms with van der Waals surface area (Å²) in [4.78, 5) is 25.7. The number of anilines is 1. The summed E-state index contributed by atoms with van der Waals surface area (Å²) in [5.41, 5.74) is 6.35. The molecule has 1 aliphatic rings. The fourth-order valence-corrected chi connectivity index (χ4v) is 3.69. The molecule has 1 aromatic carbocycles. The predicted octanol–water partition coefficient (Wildman–Crippen LogP) is 1.27. The second-order valence-corrected chi connectivity index (χ2v) is 6.49. The van der Waals surface area contributed by atoms with Crippen LogP contribution in [0.25, 0.3) is 0 Å². The van der Waals surface area contributed by atoms with Crippen molar-refractivity contribution in [3.63, 3.8) is 0 Å². The van der Waals surface area contributed by atoms with E-state index < -0.39 is 12.0 Å². The van der Waals surface area contributed by atoms with Gasteiger partial charge in [-0.25, -0.2) is 0 Å². The van der Waals surface area contributed by atoms with Gasteiger partial charge in [0.05, 0.1) is 11.4 Å². The lowest BCUT2D eigenvalue weighted by Gasteiger charge is -2.29. The molecule has 3 N–H and O–H groups in total. The molecule has 0 spiro atoms. The monoisotopic (exact) mass is 312 g/mol. The Morgan fingerprint density at radius 2 is 2.20 bits per heavy atom. The van der Waals surface area contributed by atoms with E-state index in [-0.39, 0.29) is 17.4 Å². The van der Waals surface area contributed by atoms with E-state index in [1.165, 1.54) is 11.8 Å². The highest BCUT2D eigenvalue weighted by atomic mass is 32.2. The highest BCUT2D eigenvalue weighted by molar-refractivity contribution is 8.00. The number of amides is 1. The van der Waals surface area contributed by atoms with Crippen LogP contribution < -0.4 is 10.6 Å². The molecule has 1 aliphatic heterocycles. The van der Waals surface area contributed by atoms with E-state index in [0.29, 0.717) is 6.54 Å². The number of carboxylic acid groups (broad SMARTS) is 1. The first-order valence-electron chi connectivity index (χ1n) is 6.18. The number of benzene rings is 1. The second-order valence-electron chi connectivity index (χ2n) is 4.32. The Morgan fingerprint density at radius 3 is 2.95 bits per heavy atom. The van der Waals surface area contributed by atoms with E-state index in [1.807, 2.05) is 24.3 Å². The molecule has 1 amide bonds. The number of nitrogens with zero attached hydrogens (tertiary/aromatic N) is 1. The Morgan fingerprint density at radius 1 is 1.45 bits per heavy atom. The van der Waals surface area contributed by atoms with Crippen molar-refractivity contribution in [3.8, 4) is 0 Å². The number of carbonyl (C=O) groups excluding carboxylic acids is 1. The molecule has 1 heterocycles. The van der Waals surface area contributed by atoms with Crippen LogP contribution in [0.5, 0.6) is 0 Å². The van der Waals surface area contributed by atoms with Crippen molar-refractivity contribution in [3.05, 3.63) is 24.3 Å². The number of hydrogen-bond donors (Lipinski definition) is 2. The lowest BCUT2D eigenvalue weighted by atomic mass is 10.3. The number of carbonyl (C=O) groups is 2. The summed E-state index contributed by atoms with van der Waals surface area (Å²) < 4.78 is 0. The predicted molar refractivity (Wildman–Crippen MR) is 82.5 cm³/mol. The van der Waals surface area contributed by atoms with Crippen molar-refractivity contribution in [2.75, 3.05) is 28.7 Å². The SMILES string of the molecule is NC(CSCC(=O)N1CCSc2ccccc21)C(=O)O. The fourth-order valence-electron chi connectivity index (χ4n) is 1.85. The Balaban J connectivity index is 1.92. The lowest BCUT2D eigenvalue weighted by molar-refractivity contribution is -0.137. The van der Waals surface area contributed by atoms with Crippen LogP contribution >= 0.6 is 23.5 Å². The topological polar surface area (TPSA) is 83.6 Å². The largest absolute Gasteiger partial charge is 0.480 e. The third-order valence-corrected chi connectivity index (χ3v) is 4.96. The van der Waals surface area contributed by atoms with Gasteiger partial charge in [-0.2, -0.15) is 0 Å². The third-order valence-electron chi connectivity index (χ3n) is 2.87. The van der Waals surface area contributed by atoms with Crippen LogP contribution in [0.2, 0.25) is 0 Å². The molecular weight excluding hydrogens is 296 g/mol. The molecule has 0 radical (unpaired) electrons. The molecule has 0 aliphatic carbocycles. The van der Waals surface area contributed by atoms with Gasteiger partial charge in [0.1, 0.15) is 6.04 Å². The molecule has 7 heteroatoms. The number of para-hydroxylation sites is 1. The van der Waals surface area contributed by atoms with Crippen LogP contribution in [0.1, 0.15) is 0 Å². The van der Waals surface area contributed by atoms with Crippen LogP contribution in [0.4, 0.5) is 5.69 Å². The van der Waals surface area contributed by atoms with Gasteiger partial charge in [-0.3, -0.25) is 9.59 Å². The maximum absolute atomic E-state index is 12.2. The van der Waals surface area contributed by atoms with Gasteiger partial charge in [-0.05, 0) is 12.1 Å². The molecule has 0 fully saturated rings. The molecule has 0 aromatic heterocycles. The number of fused-ring (bicyclic) bond motifs is 1. The summed E-state index contributed by atoms with van der Waals surface area (Å²) in [6.07, 6.45) is 0. The Labute approximate surface area is 125 Å². The van der Waals surface area contributed by atoms with Crippen LogP contribution in [-0.4, -0.2) is 46.8 Å². The van der Waals surface area contributed by atoms with Gasteiger partial charge in [0.25, 0.3) is 0 Å². The van der Waals surface area contributed by atoms with Gasteiger partial charge >= 0.3 is 5.97 Å². The zero-order chi connectivity index (χ0) is 14.5. The summed E-state index contributed by atoms with van der Waals surface area (Å²) in [6, 6.07) is 6.90. The minimum Gasteiger partial charge on any atom is -0.480 e.